The number of hydrogen-bond donors (Lipinski definition) is 0. The van der Waals surface area contributed by atoms with Gasteiger partial charge in [-0.2, -0.15) is 0 Å². The zero-order chi connectivity index (χ0) is 15.6. The van der Waals surface area contributed by atoms with Gasteiger partial charge in [-0.1, -0.05) is 12.1 Å². The highest BCUT2D eigenvalue weighted by atomic mass is 16.6. The van der Waals surface area contributed by atoms with Gasteiger partial charge in [0.15, 0.2) is 0 Å². The highest BCUT2D eigenvalue weighted by Gasteiger charge is 2.15. The molecule has 0 N–H and O–H groups in total. The molecule has 2 rings (SSSR count). The van der Waals surface area contributed by atoms with Crippen molar-refractivity contribution in [3.05, 3.63) is 61.6 Å². The van der Waals surface area contributed by atoms with E-state index >= 15 is 0 Å². The van der Waals surface area contributed by atoms with E-state index in [1.165, 1.54) is 23.8 Å². The van der Waals surface area contributed by atoms with E-state index in [-0.39, 0.29) is 23.8 Å². The van der Waals surface area contributed by atoms with Crippen LogP contribution >= 0.6 is 0 Å². The fraction of sp³-hybridized carbons (Fsp3) is 0.286. The number of nitrogens with zero attached hydrogens (tertiary/aromatic N) is 3. The third-order valence-corrected chi connectivity index (χ3v) is 3.23. The van der Waals surface area contributed by atoms with Crippen LogP contribution in [0.15, 0.2) is 29.1 Å². The van der Waals surface area contributed by atoms with Crippen molar-refractivity contribution in [2.45, 2.75) is 20.4 Å². The molecular weight excluding hydrogens is 274 g/mol. The lowest BCUT2D eigenvalue weighted by atomic mass is 10.1. The lowest BCUT2D eigenvalue weighted by Gasteiger charge is -2.12. The van der Waals surface area contributed by atoms with E-state index in [0.29, 0.717) is 16.8 Å². The molecule has 1 aromatic heterocycles. The van der Waals surface area contributed by atoms with E-state index < -0.39 is 4.92 Å². The smallest absolute Gasteiger partial charge is 0.299 e. The molecule has 0 amide bonds. The number of benzene rings is 1. The van der Waals surface area contributed by atoms with Crippen molar-refractivity contribution in [2.24, 2.45) is 0 Å². The maximum Gasteiger partial charge on any atom is 0.299 e. The van der Waals surface area contributed by atoms with Crippen molar-refractivity contribution < 1.29 is 9.66 Å². The molecule has 1 heterocycles. The van der Waals surface area contributed by atoms with Gasteiger partial charge in [-0.25, -0.2) is 4.98 Å². The predicted molar refractivity (Wildman–Crippen MR) is 76.7 cm³/mol. The van der Waals surface area contributed by atoms with Gasteiger partial charge in [-0.15, -0.1) is 0 Å². The third-order valence-electron chi connectivity index (χ3n) is 3.23. The largest absolute Gasteiger partial charge is 0.468 e. The molecule has 0 saturated heterocycles. The normalized spacial score (nSPS) is 10.4. The second-order valence-corrected chi connectivity index (χ2v) is 4.63. The summed E-state index contributed by atoms with van der Waals surface area (Å²) in [5, 5.41) is 11.0. The number of aromatic nitrogens is 2. The van der Waals surface area contributed by atoms with E-state index in [2.05, 4.69) is 4.98 Å². The number of ether oxygens (including phenoxy) is 1. The van der Waals surface area contributed by atoms with Gasteiger partial charge in [0.2, 0.25) is 0 Å². The quantitative estimate of drug-likeness (QED) is 0.633. The van der Waals surface area contributed by atoms with Crippen LogP contribution in [0.3, 0.4) is 0 Å². The van der Waals surface area contributed by atoms with Crippen LogP contribution in [0.1, 0.15) is 16.8 Å². The molecule has 21 heavy (non-hydrogen) atoms. The molecule has 0 fully saturated rings. The molecule has 0 atom stereocenters. The van der Waals surface area contributed by atoms with Crippen LogP contribution in [-0.2, 0) is 6.54 Å². The minimum atomic E-state index is -0.438. The Labute approximate surface area is 121 Å². The Bertz CT molecular complexity index is 752. The Hall–Kier alpha value is -2.70. The first-order chi connectivity index (χ1) is 9.93. The SMILES string of the molecule is COc1nc(C)cc(=O)n1Cc1cccc([N+](=O)[O-])c1C. The number of nitro benzene ring substituents is 1. The number of methoxy groups -OCH3 is 1. The number of hydrogen-bond acceptors (Lipinski definition) is 5. The topological polar surface area (TPSA) is 87.3 Å². The minimum absolute atomic E-state index is 0.0274. The number of nitro groups is 1. The highest BCUT2D eigenvalue weighted by Crippen LogP contribution is 2.22. The van der Waals surface area contributed by atoms with Crippen molar-refractivity contribution in [1.29, 1.82) is 0 Å². The van der Waals surface area contributed by atoms with E-state index in [0.717, 1.165) is 0 Å². The van der Waals surface area contributed by atoms with E-state index in [9.17, 15) is 14.9 Å². The minimum Gasteiger partial charge on any atom is -0.468 e. The van der Waals surface area contributed by atoms with E-state index in [4.69, 9.17) is 4.74 Å². The summed E-state index contributed by atoms with van der Waals surface area (Å²) in [5.41, 5.74) is 1.53. The third kappa shape index (κ3) is 2.91. The Morgan fingerprint density at radius 3 is 2.71 bits per heavy atom. The Morgan fingerprint density at radius 2 is 2.10 bits per heavy atom. The first-order valence-corrected chi connectivity index (χ1v) is 6.29. The monoisotopic (exact) mass is 289 g/mol. The molecule has 7 heteroatoms. The predicted octanol–water partition coefficient (Wildman–Crippen LogP) is 1.83. The van der Waals surface area contributed by atoms with Crippen LogP contribution in [0.25, 0.3) is 0 Å². The second-order valence-electron chi connectivity index (χ2n) is 4.63. The molecule has 0 aliphatic heterocycles. The average Bonchev–Trinajstić information content (AvgIpc) is 2.42. The Morgan fingerprint density at radius 1 is 1.38 bits per heavy atom. The van der Waals surface area contributed by atoms with Crippen molar-refractivity contribution in [2.75, 3.05) is 7.11 Å². The summed E-state index contributed by atoms with van der Waals surface area (Å²) < 4.78 is 6.46. The molecule has 110 valence electrons. The molecule has 0 saturated carbocycles. The lowest BCUT2D eigenvalue weighted by Crippen LogP contribution is -2.23. The summed E-state index contributed by atoms with van der Waals surface area (Å²) in [6.45, 7) is 3.53. The Kier molecular flexibility index (Phi) is 4.02. The molecule has 0 spiro atoms. The van der Waals surface area contributed by atoms with Crippen molar-refractivity contribution in [3.63, 3.8) is 0 Å². The Balaban J connectivity index is 2.51. The maximum absolute atomic E-state index is 12.1. The van der Waals surface area contributed by atoms with Gasteiger partial charge in [-0.05, 0) is 19.4 Å². The zero-order valence-electron chi connectivity index (χ0n) is 12.0. The van der Waals surface area contributed by atoms with Gasteiger partial charge in [0.25, 0.3) is 17.3 Å². The van der Waals surface area contributed by atoms with Gasteiger partial charge in [0.1, 0.15) is 0 Å². The summed E-state index contributed by atoms with van der Waals surface area (Å²) in [5.74, 6) is 0. The summed E-state index contributed by atoms with van der Waals surface area (Å²) in [6.07, 6.45) is 0. The first kappa shape index (κ1) is 14.7. The summed E-state index contributed by atoms with van der Waals surface area (Å²) in [6, 6.07) is 6.36. The van der Waals surface area contributed by atoms with Gasteiger partial charge < -0.3 is 4.74 Å². The van der Waals surface area contributed by atoms with Crippen molar-refractivity contribution in [1.82, 2.24) is 9.55 Å². The van der Waals surface area contributed by atoms with Gasteiger partial charge in [0.05, 0.1) is 18.6 Å². The summed E-state index contributed by atoms with van der Waals surface area (Å²) in [4.78, 5) is 26.7. The van der Waals surface area contributed by atoms with Crippen LogP contribution < -0.4 is 10.3 Å². The molecular formula is C14H15N3O4. The molecule has 0 aliphatic carbocycles. The van der Waals surface area contributed by atoms with Gasteiger partial charge in [-0.3, -0.25) is 19.5 Å². The van der Waals surface area contributed by atoms with Crippen LogP contribution in [0.5, 0.6) is 6.01 Å². The van der Waals surface area contributed by atoms with Crippen molar-refractivity contribution >= 4 is 5.69 Å². The molecule has 0 aliphatic rings. The first-order valence-electron chi connectivity index (χ1n) is 6.29. The van der Waals surface area contributed by atoms with Gasteiger partial charge >= 0.3 is 0 Å². The summed E-state index contributed by atoms with van der Waals surface area (Å²) in [7, 11) is 1.43. The molecule has 1 aromatic carbocycles. The maximum atomic E-state index is 12.1. The average molecular weight is 289 g/mol. The van der Waals surface area contributed by atoms with Crippen LogP contribution in [-0.4, -0.2) is 21.6 Å². The van der Waals surface area contributed by atoms with E-state index in [1.807, 2.05) is 0 Å². The van der Waals surface area contributed by atoms with Gasteiger partial charge in [0, 0.05) is 23.4 Å². The molecule has 0 bridgehead atoms. The number of aryl methyl sites for hydroxylation is 1. The summed E-state index contributed by atoms with van der Waals surface area (Å²) >= 11 is 0. The molecule has 7 nitrogen and oxygen atoms in total. The zero-order valence-corrected chi connectivity index (χ0v) is 12.0. The standard InChI is InChI=1S/C14H15N3O4/c1-9-7-13(18)16(14(15-9)21-3)8-11-5-4-6-12(10(11)2)17(19)20/h4-7H,8H2,1-3H3. The van der Waals surface area contributed by atoms with Crippen LogP contribution in [0.2, 0.25) is 0 Å². The fourth-order valence-electron chi connectivity index (χ4n) is 2.11. The molecule has 0 unspecified atom stereocenters. The molecule has 0 radical (unpaired) electrons. The van der Waals surface area contributed by atoms with Crippen LogP contribution in [0.4, 0.5) is 5.69 Å². The highest BCUT2D eigenvalue weighted by molar-refractivity contribution is 5.44. The second kappa shape index (κ2) is 5.74. The lowest BCUT2D eigenvalue weighted by molar-refractivity contribution is -0.385. The molecule has 2 aromatic rings. The van der Waals surface area contributed by atoms with E-state index in [1.54, 1.807) is 26.0 Å². The van der Waals surface area contributed by atoms with Crippen LogP contribution in [0, 0.1) is 24.0 Å². The van der Waals surface area contributed by atoms with Crippen molar-refractivity contribution in [3.8, 4) is 6.01 Å². The fourth-order valence-corrected chi connectivity index (χ4v) is 2.11. The number of rotatable bonds is 4.